The maximum Gasteiger partial charge on any atom is 0.679 e. The molecule has 0 saturated heterocycles. The van der Waals surface area contributed by atoms with E-state index < -0.39 is 9.05 Å². The van der Waals surface area contributed by atoms with E-state index in [-0.39, 0.29) is 0 Å². The summed E-state index contributed by atoms with van der Waals surface area (Å²) < 4.78 is 29.7. The second kappa shape index (κ2) is 12.1. The fourth-order valence-corrected chi connectivity index (χ4v) is 2.87. The Morgan fingerprint density at radius 2 is 0.933 bits per heavy atom. The first-order valence-corrected chi connectivity index (χ1v) is 7.04. The quantitative estimate of drug-likeness (QED) is 0.605. The molecule has 0 aliphatic heterocycles. The Labute approximate surface area is 96.0 Å². The molecule has 2 radical (unpaired) electrons. The molecule has 7 heteroatoms. The number of hydrogen-bond donors (Lipinski definition) is 0. The summed E-state index contributed by atoms with van der Waals surface area (Å²) >= 11 is 0. The minimum Gasteiger partial charge on any atom is -0.381 e. The predicted octanol–water partition coefficient (Wildman–Crippen LogP) is 1.07. The monoisotopic (exact) mass is 252 g/mol. The van der Waals surface area contributed by atoms with Crippen molar-refractivity contribution in [2.45, 2.75) is 27.7 Å². The summed E-state index contributed by atoms with van der Waals surface area (Å²) in [6.07, 6.45) is 0. The van der Waals surface area contributed by atoms with Crippen LogP contribution in [-0.2, 0) is 22.2 Å². The molecule has 0 bridgehead atoms. The van der Waals surface area contributed by atoms with Crippen molar-refractivity contribution >= 4 is 19.2 Å². The lowest BCUT2D eigenvalue weighted by Gasteiger charge is -2.26. The van der Waals surface area contributed by atoms with Crippen molar-refractivity contribution in [3.63, 3.8) is 0 Å². The van der Waals surface area contributed by atoms with Crippen LogP contribution in [0.3, 0.4) is 0 Å². The second-order valence-electron chi connectivity index (χ2n) is 2.23. The van der Waals surface area contributed by atoms with Gasteiger partial charge in [0.1, 0.15) is 0 Å². The van der Waals surface area contributed by atoms with Crippen molar-refractivity contribution in [1.82, 2.24) is 0 Å². The minimum atomic E-state index is -2.80. The van der Waals surface area contributed by atoms with Gasteiger partial charge in [0.2, 0.25) is 0 Å². The van der Waals surface area contributed by atoms with Crippen molar-refractivity contribution in [2.75, 3.05) is 26.4 Å². The molecule has 90 valence electrons. The molecule has 0 aliphatic carbocycles. The van der Waals surface area contributed by atoms with Gasteiger partial charge in [-0.1, -0.05) is 0 Å². The van der Waals surface area contributed by atoms with Gasteiger partial charge in [-0.2, -0.15) is 0 Å². The number of rotatable bonds is 8. The molecule has 0 heterocycles. The van der Waals surface area contributed by atoms with Crippen LogP contribution in [0.15, 0.2) is 0 Å². The maximum absolute atomic E-state index is 8.06. The Balaban J connectivity index is 0. The summed E-state index contributed by atoms with van der Waals surface area (Å²) in [5.41, 5.74) is 0. The molecule has 0 spiro atoms. The second-order valence-corrected chi connectivity index (χ2v) is 4.39. The van der Waals surface area contributed by atoms with E-state index in [0.717, 1.165) is 0 Å². The summed E-state index contributed by atoms with van der Waals surface area (Å²) in [4.78, 5) is 0. The topological polar surface area (TPSA) is 54.0 Å². The number of hydrogen-bond acceptors (Lipinski definition) is 5. The first-order chi connectivity index (χ1) is 7.24. The largest absolute Gasteiger partial charge is 0.679 e. The van der Waals surface area contributed by atoms with E-state index in [2.05, 4.69) is 0 Å². The van der Waals surface area contributed by atoms with Crippen molar-refractivity contribution in [2.24, 2.45) is 0 Å². The van der Waals surface area contributed by atoms with Crippen LogP contribution in [0.5, 0.6) is 0 Å². The Hall–Kier alpha value is 0.0738. The van der Waals surface area contributed by atoms with Crippen molar-refractivity contribution in [3.8, 4) is 0 Å². The molecule has 0 aromatic carbocycles. The van der Waals surface area contributed by atoms with Crippen LogP contribution in [0.1, 0.15) is 27.7 Å². The van der Waals surface area contributed by atoms with Gasteiger partial charge in [0.15, 0.2) is 0 Å². The van der Waals surface area contributed by atoms with Gasteiger partial charge in [0.25, 0.3) is 0 Å². The summed E-state index contributed by atoms with van der Waals surface area (Å²) in [7, 11) is -1.07. The van der Waals surface area contributed by atoms with Crippen LogP contribution in [0.4, 0.5) is 0 Å². The smallest absolute Gasteiger partial charge is 0.381 e. The zero-order valence-electron chi connectivity index (χ0n) is 9.87. The zero-order chi connectivity index (χ0) is 12.2. The molecule has 0 unspecified atom stereocenters. The lowest BCUT2D eigenvalue weighted by atomic mass is 10.9. The van der Waals surface area contributed by atoms with Crippen LogP contribution in [0.2, 0.25) is 0 Å². The molecule has 0 atom stereocenters. The third kappa shape index (κ3) is 7.94. The Kier molecular flexibility index (Phi) is 14.1. The van der Waals surface area contributed by atoms with Crippen molar-refractivity contribution in [1.29, 1.82) is 0 Å². The molecule has 0 amide bonds. The average Bonchev–Trinajstić information content (AvgIpc) is 2.22. The van der Waals surface area contributed by atoms with E-state index >= 15 is 0 Å². The SMILES string of the molecule is CCO[Si](OCC)(OCC)OCC.O=[Si]. The molecule has 0 aromatic rings. The Morgan fingerprint density at radius 3 is 1.07 bits per heavy atom. The molecule has 0 saturated carbocycles. The molecule has 0 N–H and O–H groups in total. The molecule has 15 heavy (non-hydrogen) atoms. The third-order valence-corrected chi connectivity index (χ3v) is 3.85. The lowest BCUT2D eigenvalue weighted by Crippen LogP contribution is -2.49. The van der Waals surface area contributed by atoms with E-state index in [9.17, 15) is 0 Å². The first-order valence-electron chi connectivity index (χ1n) is 5.00. The van der Waals surface area contributed by atoms with Gasteiger partial charge in [-0.3, -0.25) is 0 Å². The molecule has 0 aromatic heterocycles. The van der Waals surface area contributed by atoms with Gasteiger partial charge >= 0.3 is 19.2 Å². The molecular formula is C8H20O5Si2. The van der Waals surface area contributed by atoms with Crippen molar-refractivity contribution in [3.05, 3.63) is 0 Å². The molecule has 0 rings (SSSR count). The predicted molar refractivity (Wildman–Crippen MR) is 58.7 cm³/mol. The fourth-order valence-electron chi connectivity index (χ4n) is 0.957. The average molecular weight is 252 g/mol. The Bertz CT molecular complexity index is 107. The van der Waals surface area contributed by atoms with Gasteiger partial charge < -0.3 is 22.2 Å². The van der Waals surface area contributed by atoms with Gasteiger partial charge in [-0.15, -0.1) is 0 Å². The molecule has 0 fully saturated rings. The fraction of sp³-hybridized carbons (Fsp3) is 1.00. The summed E-state index contributed by atoms with van der Waals surface area (Å²) in [5.74, 6) is 0. The molecule has 0 aliphatic rings. The zero-order valence-corrected chi connectivity index (χ0v) is 11.9. The normalized spacial score (nSPS) is 10.7. The van der Waals surface area contributed by atoms with Crippen LogP contribution in [-0.4, -0.2) is 45.6 Å². The highest BCUT2D eigenvalue weighted by Gasteiger charge is 2.44. The third-order valence-electron chi connectivity index (χ3n) is 1.28. The summed E-state index contributed by atoms with van der Waals surface area (Å²) in [6, 6.07) is 0. The minimum absolute atomic E-state index is 0.548. The lowest BCUT2D eigenvalue weighted by molar-refractivity contribution is -0.0247. The molecular weight excluding hydrogens is 232 g/mol. The maximum atomic E-state index is 8.06. The van der Waals surface area contributed by atoms with Crippen LogP contribution < -0.4 is 0 Å². The summed E-state index contributed by atoms with van der Waals surface area (Å²) in [5, 5.41) is 0. The highest BCUT2D eigenvalue weighted by atomic mass is 28.4. The van der Waals surface area contributed by atoms with Crippen LogP contribution >= 0.6 is 0 Å². The van der Waals surface area contributed by atoms with Gasteiger partial charge in [0.05, 0.1) is 0 Å². The van der Waals surface area contributed by atoms with Crippen LogP contribution in [0, 0.1) is 0 Å². The highest BCUT2D eigenvalue weighted by molar-refractivity contribution is 6.53. The summed E-state index contributed by atoms with van der Waals surface area (Å²) in [6.45, 7) is 9.80. The van der Waals surface area contributed by atoms with Crippen LogP contribution in [0.25, 0.3) is 0 Å². The van der Waals surface area contributed by atoms with E-state index in [4.69, 9.17) is 22.2 Å². The van der Waals surface area contributed by atoms with Gasteiger partial charge in [-0.05, 0) is 27.7 Å². The highest BCUT2D eigenvalue weighted by Crippen LogP contribution is 2.11. The standard InChI is InChI=1S/C8H20O4Si.OSi/c1-5-9-13(10-6-2,11-7-3)12-8-4;1-2/h5-8H2,1-4H3;. The van der Waals surface area contributed by atoms with E-state index in [0.29, 0.717) is 26.4 Å². The van der Waals surface area contributed by atoms with Crippen molar-refractivity contribution < 1.29 is 22.2 Å². The van der Waals surface area contributed by atoms with Gasteiger partial charge in [0, 0.05) is 26.4 Å². The van der Waals surface area contributed by atoms with Gasteiger partial charge in [-0.25, -0.2) is 0 Å². The van der Waals surface area contributed by atoms with E-state index in [1.165, 1.54) is 0 Å². The first kappa shape index (κ1) is 17.5. The van der Waals surface area contributed by atoms with E-state index in [1.807, 2.05) is 27.7 Å². The van der Waals surface area contributed by atoms with E-state index in [1.54, 1.807) is 10.1 Å². The molecule has 5 nitrogen and oxygen atoms in total. The Morgan fingerprint density at radius 1 is 0.733 bits per heavy atom.